The van der Waals surface area contributed by atoms with Gasteiger partial charge in [-0.1, -0.05) is 6.92 Å². The highest BCUT2D eigenvalue weighted by atomic mass is 16.1. The Balaban J connectivity index is 2.09. The average Bonchev–Trinajstić information content (AvgIpc) is 3.05. The monoisotopic (exact) mass is 246 g/mol. The number of rotatable bonds is 2. The molecule has 0 aliphatic carbocycles. The van der Waals surface area contributed by atoms with Crippen LogP contribution >= 0.6 is 0 Å². The molecule has 1 amide bonds. The molecule has 2 N–H and O–H groups in total. The van der Waals surface area contributed by atoms with E-state index in [9.17, 15) is 4.79 Å². The molecule has 0 radical (unpaired) electrons. The number of hydrogen-bond acceptors (Lipinski definition) is 4. The Labute approximate surface area is 104 Å². The minimum Gasteiger partial charge on any atom is -0.354 e. The normalized spacial score (nSPS) is 17.8. The molecule has 18 heavy (non-hydrogen) atoms. The number of carbonyl (C=O) groups is 1. The maximum absolute atomic E-state index is 11.7. The zero-order chi connectivity index (χ0) is 12.7. The Morgan fingerprint density at radius 1 is 1.56 bits per heavy atom. The van der Waals surface area contributed by atoms with Gasteiger partial charge in [-0.3, -0.25) is 4.79 Å². The first-order chi connectivity index (χ1) is 8.72. The number of fused-ring (bicyclic) bond motifs is 1. The van der Waals surface area contributed by atoms with Crippen LogP contribution in [-0.4, -0.2) is 37.7 Å². The lowest BCUT2D eigenvalue weighted by atomic mass is 10.1. The predicted octanol–water partition coefficient (Wildman–Crippen LogP) is 0.535. The van der Waals surface area contributed by atoms with Crippen LogP contribution in [0.4, 0.5) is 0 Å². The van der Waals surface area contributed by atoms with Gasteiger partial charge in [0.15, 0.2) is 5.82 Å². The van der Waals surface area contributed by atoms with Gasteiger partial charge in [0.05, 0.1) is 6.33 Å². The van der Waals surface area contributed by atoms with E-state index in [-0.39, 0.29) is 5.91 Å². The van der Waals surface area contributed by atoms with Crippen LogP contribution in [0.3, 0.4) is 0 Å². The molecule has 0 saturated carbocycles. The van der Waals surface area contributed by atoms with Gasteiger partial charge in [-0.15, -0.1) is 10.2 Å². The van der Waals surface area contributed by atoms with Crippen LogP contribution in [0.15, 0.2) is 6.33 Å². The molecule has 0 aromatic carbocycles. The Bertz CT molecular complexity index is 598. The fourth-order valence-electron chi connectivity index (χ4n) is 2.29. The summed E-state index contributed by atoms with van der Waals surface area (Å²) in [7, 11) is 1.59. The molecule has 7 heteroatoms. The molecule has 3 heterocycles. The van der Waals surface area contributed by atoms with Gasteiger partial charge in [0.1, 0.15) is 17.2 Å². The highest BCUT2D eigenvalue weighted by Gasteiger charge is 2.27. The molecule has 0 spiro atoms. The van der Waals surface area contributed by atoms with Crippen molar-refractivity contribution < 1.29 is 4.79 Å². The summed E-state index contributed by atoms with van der Waals surface area (Å²) in [6.45, 7) is 3.00. The van der Waals surface area contributed by atoms with E-state index in [1.807, 2.05) is 4.57 Å². The molecule has 1 aliphatic heterocycles. The molecule has 94 valence electrons. The maximum Gasteiger partial charge on any atom is 0.269 e. The van der Waals surface area contributed by atoms with Crippen molar-refractivity contribution in [2.75, 3.05) is 7.05 Å². The van der Waals surface area contributed by atoms with Crippen LogP contribution in [0.1, 0.15) is 35.6 Å². The smallest absolute Gasteiger partial charge is 0.269 e. The first kappa shape index (κ1) is 10.9. The van der Waals surface area contributed by atoms with Gasteiger partial charge in [-0.2, -0.15) is 0 Å². The molecule has 3 rings (SSSR count). The number of aromatic amines is 1. The van der Waals surface area contributed by atoms with Gasteiger partial charge in [0.25, 0.3) is 5.91 Å². The van der Waals surface area contributed by atoms with Crippen molar-refractivity contribution in [3.05, 3.63) is 17.8 Å². The number of imidazole rings is 1. The Morgan fingerprint density at radius 2 is 2.39 bits per heavy atom. The summed E-state index contributed by atoms with van der Waals surface area (Å²) in [4.78, 5) is 18.7. The summed E-state index contributed by atoms with van der Waals surface area (Å²) in [5, 5.41) is 10.9. The molecule has 1 atom stereocenters. The second kappa shape index (κ2) is 3.94. The van der Waals surface area contributed by atoms with E-state index < -0.39 is 0 Å². The van der Waals surface area contributed by atoms with E-state index in [4.69, 9.17) is 0 Å². The van der Waals surface area contributed by atoms with E-state index >= 15 is 0 Å². The lowest BCUT2D eigenvalue weighted by Crippen LogP contribution is -2.19. The minimum absolute atomic E-state index is 0.203. The van der Waals surface area contributed by atoms with Crippen LogP contribution in [0, 0.1) is 0 Å². The summed E-state index contributed by atoms with van der Waals surface area (Å²) in [5.41, 5.74) is 0.981. The number of amides is 1. The number of carbonyl (C=O) groups excluding carboxylic acids is 1. The maximum atomic E-state index is 11.7. The van der Waals surface area contributed by atoms with Crippen molar-refractivity contribution in [1.82, 2.24) is 30.0 Å². The van der Waals surface area contributed by atoms with Gasteiger partial charge >= 0.3 is 0 Å². The van der Waals surface area contributed by atoms with Gasteiger partial charge in [0.2, 0.25) is 0 Å². The molecule has 1 unspecified atom stereocenters. The topological polar surface area (TPSA) is 88.5 Å². The Kier molecular flexibility index (Phi) is 2.39. The first-order valence-electron chi connectivity index (χ1n) is 5.91. The van der Waals surface area contributed by atoms with Crippen LogP contribution in [0.2, 0.25) is 0 Å². The average molecular weight is 246 g/mol. The molecule has 0 saturated heterocycles. The second-order valence-electron chi connectivity index (χ2n) is 4.43. The molecular weight excluding hydrogens is 232 g/mol. The molecule has 7 nitrogen and oxygen atoms in total. The quantitative estimate of drug-likeness (QED) is 0.809. The summed E-state index contributed by atoms with van der Waals surface area (Å²) < 4.78 is 2.04. The van der Waals surface area contributed by atoms with Crippen LogP contribution in [0.25, 0.3) is 11.5 Å². The van der Waals surface area contributed by atoms with Crippen molar-refractivity contribution in [2.45, 2.75) is 25.8 Å². The number of aromatic nitrogens is 5. The molecule has 0 bridgehead atoms. The Morgan fingerprint density at radius 3 is 3.17 bits per heavy atom. The number of hydrogen-bond donors (Lipinski definition) is 2. The summed E-state index contributed by atoms with van der Waals surface area (Å²) in [6, 6.07) is 0. The van der Waals surface area contributed by atoms with E-state index in [2.05, 4.69) is 32.4 Å². The van der Waals surface area contributed by atoms with Gasteiger partial charge in [-0.25, -0.2) is 4.98 Å². The zero-order valence-corrected chi connectivity index (χ0v) is 10.3. The lowest BCUT2D eigenvalue weighted by Gasteiger charge is -2.02. The highest BCUT2D eigenvalue weighted by molar-refractivity contribution is 5.97. The Hall–Kier alpha value is -2.18. The molecular formula is C11H14N6O. The molecule has 2 aromatic rings. The second-order valence-corrected chi connectivity index (χ2v) is 4.43. The number of H-pyrrole nitrogens is 1. The third-order valence-corrected chi connectivity index (χ3v) is 3.31. The molecule has 2 aromatic heterocycles. The lowest BCUT2D eigenvalue weighted by molar-refractivity contribution is 0.0959. The molecule has 0 fully saturated rings. The van der Waals surface area contributed by atoms with Crippen LogP contribution in [-0.2, 0) is 6.54 Å². The standard InChI is InChI=1S/C11H14N6O/c1-6-3-4-17-9(6)15-16-10(17)7-8(11(18)12-2)14-5-13-7/h5-6H,3-4H2,1-2H3,(H,12,18)(H,13,14). The third-order valence-electron chi connectivity index (χ3n) is 3.31. The van der Waals surface area contributed by atoms with Gasteiger partial charge in [0, 0.05) is 19.5 Å². The van der Waals surface area contributed by atoms with Crippen molar-refractivity contribution >= 4 is 5.91 Å². The van der Waals surface area contributed by atoms with E-state index in [1.165, 1.54) is 6.33 Å². The fourth-order valence-corrected chi connectivity index (χ4v) is 2.29. The first-order valence-corrected chi connectivity index (χ1v) is 5.91. The fraction of sp³-hybridized carbons (Fsp3) is 0.455. The van der Waals surface area contributed by atoms with Crippen LogP contribution < -0.4 is 5.32 Å². The molecule has 1 aliphatic rings. The summed E-state index contributed by atoms with van der Waals surface area (Å²) in [5.74, 6) is 1.84. The van der Waals surface area contributed by atoms with Crippen LogP contribution in [0.5, 0.6) is 0 Å². The van der Waals surface area contributed by atoms with Gasteiger partial charge < -0.3 is 14.9 Å². The third kappa shape index (κ3) is 1.43. The van der Waals surface area contributed by atoms with Crippen molar-refractivity contribution in [1.29, 1.82) is 0 Å². The summed E-state index contributed by atoms with van der Waals surface area (Å²) >= 11 is 0. The number of nitrogens with one attached hydrogen (secondary N) is 2. The SMILES string of the molecule is CNC(=O)c1[nH]cnc1-c1nnc2n1CCC2C. The number of nitrogens with zero attached hydrogens (tertiary/aromatic N) is 4. The minimum atomic E-state index is -0.203. The van der Waals surface area contributed by atoms with E-state index in [0.717, 1.165) is 18.8 Å². The van der Waals surface area contributed by atoms with Crippen molar-refractivity contribution in [3.8, 4) is 11.5 Å². The van der Waals surface area contributed by atoms with Crippen molar-refractivity contribution in [2.24, 2.45) is 0 Å². The van der Waals surface area contributed by atoms with Gasteiger partial charge in [-0.05, 0) is 6.42 Å². The van der Waals surface area contributed by atoms with E-state index in [0.29, 0.717) is 23.1 Å². The predicted molar refractivity (Wildman–Crippen MR) is 64.0 cm³/mol. The largest absolute Gasteiger partial charge is 0.354 e. The summed E-state index contributed by atoms with van der Waals surface area (Å²) in [6.07, 6.45) is 2.55. The van der Waals surface area contributed by atoms with E-state index in [1.54, 1.807) is 7.05 Å². The zero-order valence-electron chi connectivity index (χ0n) is 10.3. The highest BCUT2D eigenvalue weighted by Crippen LogP contribution is 2.30. The van der Waals surface area contributed by atoms with Crippen molar-refractivity contribution in [3.63, 3.8) is 0 Å².